The van der Waals surface area contributed by atoms with Crippen molar-refractivity contribution >= 4 is 34.6 Å². The Morgan fingerprint density at radius 1 is 0.512 bits per heavy atom. The number of esters is 4. The zero-order valence-electron chi connectivity index (χ0n) is 21.3. The summed E-state index contributed by atoms with van der Waals surface area (Å²) in [7, 11) is 0. The quantitative estimate of drug-likeness (QED) is 0.144. The number of rotatable bonds is 8. The molecule has 0 saturated heterocycles. The lowest BCUT2D eigenvalue weighted by Gasteiger charge is -2.17. The van der Waals surface area contributed by atoms with E-state index in [9.17, 15) is 58.7 Å². The standard InChI is InChI=1S/C26H15F9O8/c1-10(2)20(36)42-18-8-14-15(9-19(18)43-23(39)13(5)26(33,34)35)17(41-22(38)12(4)25(30,31)32)7-6-16(14)40-21(37)11(3)24(27,28)29/h6-9H,1,3-5H2,2H3. The van der Waals surface area contributed by atoms with Gasteiger partial charge in [0, 0.05) is 16.3 Å². The molecule has 2 rings (SSSR count). The first-order chi connectivity index (χ1) is 19.4. The molecule has 0 fully saturated rings. The molecule has 0 aliphatic rings. The highest BCUT2D eigenvalue weighted by Crippen LogP contribution is 2.43. The highest BCUT2D eigenvalue weighted by atomic mass is 19.4. The van der Waals surface area contributed by atoms with Crippen molar-refractivity contribution in [3.8, 4) is 23.0 Å². The summed E-state index contributed by atoms with van der Waals surface area (Å²) in [4.78, 5) is 48.4. The van der Waals surface area contributed by atoms with Crippen LogP contribution in [-0.2, 0) is 19.2 Å². The first-order valence-corrected chi connectivity index (χ1v) is 10.9. The van der Waals surface area contributed by atoms with Gasteiger partial charge in [-0.3, -0.25) is 0 Å². The normalized spacial score (nSPS) is 11.8. The molecule has 0 amide bonds. The molecule has 0 aliphatic carbocycles. The first-order valence-electron chi connectivity index (χ1n) is 10.9. The third kappa shape index (κ3) is 8.23. The molecule has 0 bridgehead atoms. The molecule has 0 spiro atoms. The van der Waals surface area contributed by atoms with Gasteiger partial charge in [0.15, 0.2) is 11.5 Å². The second-order valence-electron chi connectivity index (χ2n) is 8.17. The van der Waals surface area contributed by atoms with Crippen molar-refractivity contribution in [2.24, 2.45) is 0 Å². The van der Waals surface area contributed by atoms with E-state index in [0.29, 0.717) is 24.3 Å². The van der Waals surface area contributed by atoms with Crippen molar-refractivity contribution in [1.82, 2.24) is 0 Å². The van der Waals surface area contributed by atoms with Crippen LogP contribution in [0.4, 0.5) is 39.5 Å². The first kappa shape index (κ1) is 34.1. The van der Waals surface area contributed by atoms with E-state index in [2.05, 4.69) is 40.5 Å². The van der Waals surface area contributed by atoms with Crippen molar-refractivity contribution in [3.05, 3.63) is 72.9 Å². The van der Waals surface area contributed by atoms with Crippen molar-refractivity contribution in [3.63, 3.8) is 0 Å². The van der Waals surface area contributed by atoms with E-state index in [1.165, 1.54) is 0 Å². The van der Waals surface area contributed by atoms with Gasteiger partial charge >= 0.3 is 42.4 Å². The van der Waals surface area contributed by atoms with Crippen LogP contribution >= 0.6 is 0 Å². The largest absolute Gasteiger partial charge is 0.422 e. The monoisotopic (exact) mass is 626 g/mol. The molecular formula is C26H15F9O8. The van der Waals surface area contributed by atoms with E-state index in [4.69, 9.17) is 4.74 Å². The second-order valence-corrected chi connectivity index (χ2v) is 8.17. The Morgan fingerprint density at radius 3 is 1.02 bits per heavy atom. The Balaban J connectivity index is 2.86. The molecule has 17 heteroatoms. The van der Waals surface area contributed by atoms with Gasteiger partial charge in [-0.1, -0.05) is 26.3 Å². The van der Waals surface area contributed by atoms with E-state index >= 15 is 0 Å². The van der Waals surface area contributed by atoms with E-state index in [1.54, 1.807) is 0 Å². The Hall–Kier alpha value is -5.09. The third-order valence-electron chi connectivity index (χ3n) is 4.93. The van der Waals surface area contributed by atoms with Gasteiger partial charge in [0.05, 0.1) is 0 Å². The Kier molecular flexibility index (Phi) is 9.54. The zero-order valence-corrected chi connectivity index (χ0v) is 21.3. The molecule has 0 saturated carbocycles. The summed E-state index contributed by atoms with van der Waals surface area (Å²) >= 11 is 0. The van der Waals surface area contributed by atoms with Crippen LogP contribution in [0.2, 0.25) is 0 Å². The summed E-state index contributed by atoms with van der Waals surface area (Å²) in [5.74, 6) is -11.3. The number of alkyl halides is 9. The highest BCUT2D eigenvalue weighted by molar-refractivity contribution is 6.02. The summed E-state index contributed by atoms with van der Waals surface area (Å²) in [5, 5.41) is -1.35. The molecule has 0 heterocycles. The minimum atomic E-state index is -5.32. The van der Waals surface area contributed by atoms with Crippen LogP contribution in [0.1, 0.15) is 6.92 Å². The fourth-order valence-electron chi connectivity index (χ4n) is 2.65. The zero-order chi connectivity index (χ0) is 33.2. The van der Waals surface area contributed by atoms with E-state index < -0.39 is 92.9 Å². The minimum Gasteiger partial charge on any atom is -0.422 e. The molecular weight excluding hydrogens is 611 g/mol. The minimum absolute atomic E-state index is 0.321. The fraction of sp³-hybridized carbons (Fsp3) is 0.154. The van der Waals surface area contributed by atoms with Gasteiger partial charge in [-0.15, -0.1) is 0 Å². The maximum Gasteiger partial charge on any atom is 0.422 e. The number of hydrogen-bond acceptors (Lipinski definition) is 8. The van der Waals surface area contributed by atoms with Crippen molar-refractivity contribution in [2.75, 3.05) is 0 Å². The predicted molar refractivity (Wildman–Crippen MR) is 127 cm³/mol. The third-order valence-corrected chi connectivity index (χ3v) is 4.93. The average Bonchev–Trinajstić information content (AvgIpc) is 2.87. The number of benzene rings is 2. The van der Waals surface area contributed by atoms with Gasteiger partial charge < -0.3 is 18.9 Å². The summed E-state index contributed by atoms with van der Waals surface area (Å²) < 4.78 is 135. The maximum absolute atomic E-state index is 13.0. The highest BCUT2D eigenvalue weighted by Gasteiger charge is 2.41. The average molecular weight is 626 g/mol. The molecule has 2 aromatic carbocycles. The molecule has 8 nitrogen and oxygen atoms in total. The van der Waals surface area contributed by atoms with Crippen molar-refractivity contribution in [1.29, 1.82) is 0 Å². The van der Waals surface area contributed by atoms with Gasteiger partial charge in [0.25, 0.3) is 0 Å². The molecule has 0 aliphatic heterocycles. The fourth-order valence-corrected chi connectivity index (χ4v) is 2.65. The molecule has 0 unspecified atom stereocenters. The Morgan fingerprint density at radius 2 is 0.767 bits per heavy atom. The van der Waals surface area contributed by atoms with Crippen LogP contribution in [0.15, 0.2) is 72.9 Å². The molecule has 2 aromatic rings. The summed E-state index contributed by atoms with van der Waals surface area (Å²) in [6.07, 6.45) is -15.9. The maximum atomic E-state index is 13.0. The summed E-state index contributed by atoms with van der Waals surface area (Å²) in [6.45, 7) is 12.0. The molecule has 230 valence electrons. The molecule has 0 radical (unpaired) electrons. The van der Waals surface area contributed by atoms with Crippen molar-refractivity contribution in [2.45, 2.75) is 25.5 Å². The van der Waals surface area contributed by atoms with Gasteiger partial charge in [0.2, 0.25) is 0 Å². The molecule has 0 aromatic heterocycles. The van der Waals surface area contributed by atoms with Crippen molar-refractivity contribution < 1.29 is 77.6 Å². The Labute approximate surface area is 234 Å². The van der Waals surface area contributed by atoms with Gasteiger partial charge in [-0.2, -0.15) is 39.5 Å². The van der Waals surface area contributed by atoms with Gasteiger partial charge in [0.1, 0.15) is 28.2 Å². The lowest BCUT2D eigenvalue weighted by Crippen LogP contribution is -2.24. The van der Waals surface area contributed by atoms with Crippen LogP contribution in [-0.4, -0.2) is 42.4 Å². The smallest absolute Gasteiger partial charge is 0.422 e. The topological polar surface area (TPSA) is 105 Å². The summed E-state index contributed by atoms with van der Waals surface area (Å²) in [5.41, 5.74) is -6.43. The van der Waals surface area contributed by atoms with E-state index in [-0.39, 0.29) is 5.57 Å². The second kappa shape index (κ2) is 12.0. The SMILES string of the molecule is C=C(C)C(=O)Oc1cc2c(OC(=O)C(=C)C(F)(F)F)ccc(OC(=O)C(=C)C(F)(F)F)c2cc1OC(=O)C(=C)C(F)(F)F. The Bertz CT molecular complexity index is 1580. The number of hydrogen-bond donors (Lipinski definition) is 0. The van der Waals surface area contributed by atoms with Crippen LogP contribution < -0.4 is 18.9 Å². The summed E-state index contributed by atoms with van der Waals surface area (Å²) in [6, 6.07) is 2.32. The predicted octanol–water partition coefficient (Wildman–Crippen LogP) is 6.39. The number of carbonyl (C=O) groups is 4. The lowest BCUT2D eigenvalue weighted by molar-refractivity contribution is -0.144. The molecule has 0 atom stereocenters. The lowest BCUT2D eigenvalue weighted by atomic mass is 10.1. The number of ether oxygens (including phenoxy) is 4. The van der Waals surface area contributed by atoms with Crippen LogP contribution in [0.25, 0.3) is 10.8 Å². The van der Waals surface area contributed by atoms with E-state index in [0.717, 1.165) is 6.92 Å². The number of fused-ring (bicyclic) bond motifs is 1. The van der Waals surface area contributed by atoms with Crippen LogP contribution in [0.3, 0.4) is 0 Å². The molecule has 43 heavy (non-hydrogen) atoms. The van der Waals surface area contributed by atoms with Crippen LogP contribution in [0.5, 0.6) is 23.0 Å². The number of halogens is 9. The number of carbonyl (C=O) groups excluding carboxylic acids is 4. The van der Waals surface area contributed by atoms with E-state index in [1.807, 2.05) is 0 Å². The van der Waals surface area contributed by atoms with Gasteiger partial charge in [-0.25, -0.2) is 19.2 Å². The van der Waals surface area contributed by atoms with Gasteiger partial charge in [-0.05, 0) is 31.2 Å². The molecule has 0 N–H and O–H groups in total. The van der Waals surface area contributed by atoms with Crippen LogP contribution in [0, 0.1) is 0 Å².